The van der Waals surface area contributed by atoms with Gasteiger partial charge in [-0.15, -0.1) is 16.4 Å². The summed E-state index contributed by atoms with van der Waals surface area (Å²) in [5.74, 6) is 0.373. The Hall–Kier alpha value is -3.13. The Morgan fingerprint density at radius 2 is 1.92 bits per heavy atom. The predicted molar refractivity (Wildman–Crippen MR) is 88.7 cm³/mol. The van der Waals surface area contributed by atoms with Crippen LogP contribution in [0.3, 0.4) is 0 Å². The lowest BCUT2D eigenvalue weighted by molar-refractivity contribution is 0.627. The molecule has 0 bridgehead atoms. The number of rotatable bonds is 2. The van der Waals surface area contributed by atoms with E-state index in [4.69, 9.17) is 0 Å². The predicted octanol–water partition coefficient (Wildman–Crippen LogP) is 3.33. The van der Waals surface area contributed by atoms with Crippen molar-refractivity contribution in [2.75, 3.05) is 0 Å². The van der Waals surface area contributed by atoms with Crippen LogP contribution in [0.5, 0.6) is 0 Å². The standard InChI is InChI=1S/C16H9FN6S/c17-10-3-5-11(6-4-10)23-15-12(8-19-23)16-20-14(13-2-1-7-24-13)21-22(16)9-18-15/h1-9H. The second-order valence-electron chi connectivity index (χ2n) is 5.20. The molecule has 4 aromatic heterocycles. The summed E-state index contributed by atoms with van der Waals surface area (Å²) >= 11 is 1.58. The van der Waals surface area contributed by atoms with Crippen molar-refractivity contribution in [3.63, 3.8) is 0 Å². The van der Waals surface area contributed by atoms with Crippen LogP contribution in [0.1, 0.15) is 0 Å². The normalized spacial score (nSPS) is 11.5. The number of thiophene rings is 1. The highest BCUT2D eigenvalue weighted by molar-refractivity contribution is 7.13. The van der Waals surface area contributed by atoms with Crippen LogP contribution in [-0.2, 0) is 0 Å². The number of hydrogen-bond acceptors (Lipinski definition) is 5. The summed E-state index contributed by atoms with van der Waals surface area (Å²) in [6.45, 7) is 0. The summed E-state index contributed by atoms with van der Waals surface area (Å²) in [6, 6.07) is 10.1. The van der Waals surface area contributed by atoms with E-state index in [1.165, 1.54) is 12.1 Å². The SMILES string of the molecule is Fc1ccc(-n2ncc3c2ncn2nc(-c4cccs4)nc32)cc1. The maximum atomic E-state index is 13.1. The van der Waals surface area contributed by atoms with E-state index in [2.05, 4.69) is 20.2 Å². The Labute approximate surface area is 138 Å². The van der Waals surface area contributed by atoms with E-state index in [-0.39, 0.29) is 5.82 Å². The lowest BCUT2D eigenvalue weighted by Crippen LogP contribution is -1.99. The van der Waals surface area contributed by atoms with Gasteiger partial charge in [-0.1, -0.05) is 6.07 Å². The van der Waals surface area contributed by atoms with Gasteiger partial charge >= 0.3 is 0 Å². The van der Waals surface area contributed by atoms with E-state index in [0.717, 1.165) is 16.0 Å². The second kappa shape index (κ2) is 4.93. The van der Waals surface area contributed by atoms with Crippen molar-refractivity contribution >= 4 is 28.0 Å². The first-order chi connectivity index (χ1) is 11.8. The maximum absolute atomic E-state index is 13.1. The number of aromatic nitrogens is 6. The van der Waals surface area contributed by atoms with Gasteiger partial charge in [0.2, 0.25) is 0 Å². The fourth-order valence-corrected chi connectivity index (χ4v) is 3.25. The molecule has 0 aliphatic rings. The molecule has 1 aromatic carbocycles. The molecular formula is C16H9FN6S. The number of benzene rings is 1. The van der Waals surface area contributed by atoms with Gasteiger partial charge in [0.1, 0.15) is 12.1 Å². The van der Waals surface area contributed by atoms with Crippen LogP contribution in [-0.4, -0.2) is 29.4 Å². The number of nitrogens with zero attached hydrogens (tertiary/aromatic N) is 6. The van der Waals surface area contributed by atoms with Crippen molar-refractivity contribution in [2.45, 2.75) is 0 Å². The van der Waals surface area contributed by atoms with E-state index in [1.807, 2.05) is 17.5 Å². The van der Waals surface area contributed by atoms with Gasteiger partial charge in [0.05, 0.1) is 22.1 Å². The van der Waals surface area contributed by atoms with Gasteiger partial charge in [-0.25, -0.2) is 23.6 Å². The van der Waals surface area contributed by atoms with Gasteiger partial charge in [-0.05, 0) is 35.7 Å². The topological polar surface area (TPSA) is 60.9 Å². The van der Waals surface area contributed by atoms with Gasteiger partial charge in [-0.2, -0.15) is 5.10 Å². The van der Waals surface area contributed by atoms with Gasteiger partial charge in [-0.3, -0.25) is 0 Å². The highest BCUT2D eigenvalue weighted by atomic mass is 32.1. The number of fused-ring (bicyclic) bond motifs is 3. The molecule has 0 unspecified atom stereocenters. The lowest BCUT2D eigenvalue weighted by Gasteiger charge is -2.02. The van der Waals surface area contributed by atoms with Crippen molar-refractivity contribution < 1.29 is 4.39 Å². The molecule has 0 saturated carbocycles. The van der Waals surface area contributed by atoms with Crippen LogP contribution in [0.2, 0.25) is 0 Å². The molecule has 0 aliphatic heterocycles. The second-order valence-corrected chi connectivity index (χ2v) is 6.14. The van der Waals surface area contributed by atoms with Gasteiger partial charge in [0.15, 0.2) is 17.1 Å². The highest BCUT2D eigenvalue weighted by Crippen LogP contribution is 2.25. The lowest BCUT2D eigenvalue weighted by atomic mass is 10.3. The van der Waals surface area contributed by atoms with E-state index in [0.29, 0.717) is 17.1 Å². The monoisotopic (exact) mass is 336 g/mol. The van der Waals surface area contributed by atoms with E-state index < -0.39 is 0 Å². The first kappa shape index (κ1) is 13.3. The van der Waals surface area contributed by atoms with Crippen LogP contribution in [0.4, 0.5) is 4.39 Å². The summed E-state index contributed by atoms with van der Waals surface area (Å²) in [5.41, 5.74) is 2.08. The Kier molecular flexibility index (Phi) is 2.74. The van der Waals surface area contributed by atoms with Crippen LogP contribution < -0.4 is 0 Å². The fraction of sp³-hybridized carbons (Fsp3) is 0. The number of hydrogen-bond donors (Lipinski definition) is 0. The minimum atomic E-state index is -0.288. The Morgan fingerprint density at radius 1 is 1.04 bits per heavy atom. The summed E-state index contributed by atoms with van der Waals surface area (Å²) in [6.07, 6.45) is 3.32. The van der Waals surface area contributed by atoms with Crippen molar-refractivity contribution in [3.8, 4) is 16.4 Å². The maximum Gasteiger partial charge on any atom is 0.192 e. The van der Waals surface area contributed by atoms with Crippen molar-refractivity contribution in [1.82, 2.24) is 29.4 Å². The third-order valence-electron chi connectivity index (χ3n) is 3.72. The molecule has 0 atom stereocenters. The molecule has 6 nitrogen and oxygen atoms in total. The zero-order valence-electron chi connectivity index (χ0n) is 12.2. The first-order valence-corrected chi connectivity index (χ1v) is 8.06. The number of halogens is 1. The third-order valence-corrected chi connectivity index (χ3v) is 4.58. The molecule has 0 saturated heterocycles. The van der Waals surface area contributed by atoms with Crippen LogP contribution in [0, 0.1) is 5.82 Å². The summed E-state index contributed by atoms with van der Waals surface area (Å²) < 4.78 is 16.4. The highest BCUT2D eigenvalue weighted by Gasteiger charge is 2.14. The molecule has 0 spiro atoms. The molecule has 0 amide bonds. The van der Waals surface area contributed by atoms with Crippen LogP contribution in [0.15, 0.2) is 54.3 Å². The Balaban J connectivity index is 1.73. The van der Waals surface area contributed by atoms with E-state index >= 15 is 0 Å². The van der Waals surface area contributed by atoms with Crippen molar-refractivity contribution in [2.24, 2.45) is 0 Å². The molecule has 0 aliphatic carbocycles. The molecule has 0 radical (unpaired) electrons. The minimum absolute atomic E-state index is 0.288. The molecule has 8 heteroatoms. The quantitative estimate of drug-likeness (QED) is 0.496. The zero-order chi connectivity index (χ0) is 16.1. The minimum Gasteiger partial charge on any atom is -0.216 e. The van der Waals surface area contributed by atoms with Gasteiger partial charge in [0, 0.05) is 0 Å². The molecule has 5 rings (SSSR count). The first-order valence-electron chi connectivity index (χ1n) is 7.18. The fourth-order valence-electron chi connectivity index (χ4n) is 2.60. The molecule has 4 heterocycles. The molecule has 0 fully saturated rings. The van der Waals surface area contributed by atoms with E-state index in [1.54, 1.807) is 45.2 Å². The third kappa shape index (κ3) is 1.93. The Morgan fingerprint density at radius 3 is 2.71 bits per heavy atom. The van der Waals surface area contributed by atoms with Gasteiger partial charge in [0.25, 0.3) is 0 Å². The average Bonchev–Trinajstić information content (AvgIpc) is 3.33. The molecule has 5 aromatic rings. The molecule has 24 heavy (non-hydrogen) atoms. The largest absolute Gasteiger partial charge is 0.216 e. The average molecular weight is 336 g/mol. The molecule has 116 valence electrons. The van der Waals surface area contributed by atoms with Crippen molar-refractivity contribution in [1.29, 1.82) is 0 Å². The van der Waals surface area contributed by atoms with Crippen molar-refractivity contribution in [3.05, 3.63) is 60.1 Å². The summed E-state index contributed by atoms with van der Waals surface area (Å²) in [7, 11) is 0. The zero-order valence-corrected chi connectivity index (χ0v) is 13.0. The summed E-state index contributed by atoms with van der Waals surface area (Å²) in [5, 5.41) is 11.6. The molecular weight excluding hydrogens is 327 g/mol. The van der Waals surface area contributed by atoms with Crippen LogP contribution in [0.25, 0.3) is 33.1 Å². The summed E-state index contributed by atoms with van der Waals surface area (Å²) in [4.78, 5) is 10.0. The molecule has 0 N–H and O–H groups in total. The van der Waals surface area contributed by atoms with E-state index in [9.17, 15) is 4.39 Å². The smallest absolute Gasteiger partial charge is 0.192 e. The van der Waals surface area contributed by atoms with Gasteiger partial charge < -0.3 is 0 Å². The van der Waals surface area contributed by atoms with Crippen LogP contribution >= 0.6 is 11.3 Å². The Bertz CT molecular complexity index is 1160.